The van der Waals surface area contributed by atoms with Crippen LogP contribution in [0.1, 0.15) is 29.5 Å². The zero-order valence-electron chi connectivity index (χ0n) is 17.6. The van der Waals surface area contributed by atoms with Crippen LogP contribution in [0, 0.1) is 19.8 Å². The van der Waals surface area contributed by atoms with Crippen molar-refractivity contribution in [3.63, 3.8) is 0 Å². The molecule has 30 heavy (non-hydrogen) atoms. The van der Waals surface area contributed by atoms with Gasteiger partial charge in [-0.1, -0.05) is 54.1 Å². The maximum absolute atomic E-state index is 12.7. The number of amides is 1. The maximum atomic E-state index is 12.7. The van der Waals surface area contributed by atoms with E-state index in [2.05, 4.69) is 58.5 Å². The van der Waals surface area contributed by atoms with Crippen molar-refractivity contribution in [3.05, 3.63) is 77.4 Å². The fourth-order valence-corrected chi connectivity index (χ4v) is 4.05. The summed E-state index contributed by atoms with van der Waals surface area (Å²) in [4.78, 5) is 14.9. The average Bonchev–Trinajstić information content (AvgIpc) is 2.78. The van der Waals surface area contributed by atoms with Crippen LogP contribution in [0.3, 0.4) is 0 Å². The number of carbonyl (C=O) groups excluding carboxylic acids is 1. The first kappa shape index (κ1) is 20.1. The van der Waals surface area contributed by atoms with Crippen molar-refractivity contribution in [2.75, 3.05) is 18.0 Å². The number of rotatable bonds is 5. The normalized spacial score (nSPS) is 16.3. The van der Waals surface area contributed by atoms with Crippen molar-refractivity contribution in [1.82, 2.24) is 15.5 Å². The molecule has 1 aromatic heterocycles. The lowest BCUT2D eigenvalue weighted by molar-refractivity contribution is -0.125. The van der Waals surface area contributed by atoms with Crippen molar-refractivity contribution < 1.29 is 4.79 Å². The second kappa shape index (κ2) is 9.08. The average molecular weight is 401 g/mol. The van der Waals surface area contributed by atoms with Gasteiger partial charge >= 0.3 is 0 Å². The van der Waals surface area contributed by atoms with Crippen LogP contribution in [0.4, 0.5) is 5.82 Å². The smallest absolute Gasteiger partial charge is 0.225 e. The lowest BCUT2D eigenvalue weighted by atomic mass is 9.97. The van der Waals surface area contributed by atoms with E-state index in [1.165, 1.54) is 11.1 Å². The van der Waals surface area contributed by atoms with Crippen LogP contribution >= 0.6 is 0 Å². The third-order valence-corrected chi connectivity index (χ3v) is 5.74. The third kappa shape index (κ3) is 4.67. The van der Waals surface area contributed by atoms with Gasteiger partial charge in [-0.05, 0) is 49.9 Å². The quantitative estimate of drug-likeness (QED) is 0.694. The number of nitrogens with one attached hydrogen (secondary N) is 1. The van der Waals surface area contributed by atoms with Gasteiger partial charge in [-0.15, -0.1) is 10.2 Å². The van der Waals surface area contributed by atoms with Crippen molar-refractivity contribution in [3.8, 4) is 11.3 Å². The topological polar surface area (TPSA) is 58.1 Å². The van der Waals surface area contributed by atoms with Crippen LogP contribution in [0.5, 0.6) is 0 Å². The Morgan fingerprint density at radius 1 is 1.07 bits per heavy atom. The van der Waals surface area contributed by atoms with Crippen molar-refractivity contribution >= 4 is 11.7 Å². The second-order valence-corrected chi connectivity index (χ2v) is 8.08. The Balaban J connectivity index is 1.38. The van der Waals surface area contributed by atoms with Crippen LogP contribution in [0.15, 0.2) is 60.7 Å². The first-order valence-electron chi connectivity index (χ1n) is 10.6. The third-order valence-electron chi connectivity index (χ3n) is 5.74. The molecule has 1 unspecified atom stereocenters. The van der Waals surface area contributed by atoms with Crippen LogP contribution in [0.2, 0.25) is 0 Å². The molecule has 0 spiro atoms. The molecule has 1 saturated heterocycles. The number of hydrogen-bond donors (Lipinski definition) is 1. The van der Waals surface area contributed by atoms with Gasteiger partial charge in [0, 0.05) is 25.2 Å². The summed E-state index contributed by atoms with van der Waals surface area (Å²) in [6, 6.07) is 20.5. The fraction of sp³-hybridized carbons (Fsp3) is 0.320. The molecule has 154 valence electrons. The minimum absolute atomic E-state index is 0.0265. The molecule has 0 radical (unpaired) electrons. The van der Waals surface area contributed by atoms with Crippen LogP contribution in [0.25, 0.3) is 11.3 Å². The molecule has 2 aromatic carbocycles. The van der Waals surface area contributed by atoms with Crippen molar-refractivity contribution in [1.29, 1.82) is 0 Å². The number of benzene rings is 2. The number of carbonyl (C=O) groups is 1. The minimum atomic E-state index is -0.0265. The summed E-state index contributed by atoms with van der Waals surface area (Å²) in [5.74, 6) is 0.926. The summed E-state index contributed by atoms with van der Waals surface area (Å²) in [6.45, 7) is 6.30. The number of hydrogen-bond acceptors (Lipinski definition) is 4. The van der Waals surface area contributed by atoms with E-state index < -0.39 is 0 Å². The number of aryl methyl sites for hydroxylation is 2. The van der Waals surface area contributed by atoms with Gasteiger partial charge in [0.1, 0.15) is 0 Å². The first-order valence-corrected chi connectivity index (χ1v) is 10.6. The van der Waals surface area contributed by atoms with Gasteiger partial charge in [0.2, 0.25) is 5.91 Å². The van der Waals surface area contributed by atoms with Gasteiger partial charge in [0.25, 0.3) is 0 Å². The molecule has 1 N–H and O–H groups in total. The molecule has 3 aromatic rings. The molecule has 5 heteroatoms. The van der Waals surface area contributed by atoms with E-state index in [1.807, 2.05) is 36.4 Å². The predicted octanol–water partition coefficient (Wildman–Crippen LogP) is 4.29. The Bertz CT molecular complexity index is 1020. The number of nitrogens with zero attached hydrogens (tertiary/aromatic N) is 3. The summed E-state index contributed by atoms with van der Waals surface area (Å²) in [5.41, 5.74) is 5.50. The molecule has 0 aliphatic carbocycles. The highest BCUT2D eigenvalue weighted by molar-refractivity contribution is 5.79. The zero-order valence-corrected chi connectivity index (χ0v) is 17.6. The van der Waals surface area contributed by atoms with Gasteiger partial charge < -0.3 is 10.2 Å². The molecule has 1 aliphatic heterocycles. The van der Waals surface area contributed by atoms with Gasteiger partial charge in [-0.3, -0.25) is 4.79 Å². The van der Waals surface area contributed by atoms with Gasteiger partial charge in [-0.25, -0.2) is 0 Å². The molecule has 1 aliphatic rings. The highest BCUT2D eigenvalue weighted by atomic mass is 16.1. The minimum Gasteiger partial charge on any atom is -0.354 e. The van der Waals surface area contributed by atoms with E-state index in [0.717, 1.165) is 42.0 Å². The Hall–Kier alpha value is -3.21. The molecule has 5 nitrogen and oxygen atoms in total. The number of anilines is 1. The Morgan fingerprint density at radius 3 is 2.70 bits per heavy atom. The molecule has 1 amide bonds. The molecular weight excluding hydrogens is 372 g/mol. The molecule has 4 rings (SSSR count). The van der Waals surface area contributed by atoms with Crippen molar-refractivity contribution in [2.45, 2.75) is 33.2 Å². The fourth-order valence-electron chi connectivity index (χ4n) is 4.05. The highest BCUT2D eigenvalue weighted by Crippen LogP contribution is 2.25. The summed E-state index contributed by atoms with van der Waals surface area (Å²) < 4.78 is 0. The maximum Gasteiger partial charge on any atom is 0.225 e. The predicted molar refractivity (Wildman–Crippen MR) is 120 cm³/mol. The van der Waals surface area contributed by atoms with E-state index in [1.54, 1.807) is 0 Å². The summed E-state index contributed by atoms with van der Waals surface area (Å²) in [6.07, 6.45) is 1.88. The summed E-state index contributed by atoms with van der Waals surface area (Å²) >= 11 is 0. The van der Waals surface area contributed by atoms with Gasteiger partial charge in [-0.2, -0.15) is 0 Å². The molecule has 1 fully saturated rings. The molecular formula is C25H28N4O. The van der Waals surface area contributed by atoms with E-state index in [4.69, 9.17) is 0 Å². The van der Waals surface area contributed by atoms with Crippen LogP contribution in [-0.2, 0) is 11.3 Å². The Morgan fingerprint density at radius 2 is 1.93 bits per heavy atom. The monoisotopic (exact) mass is 400 g/mol. The SMILES string of the molecule is Cc1cccc(CNC(=O)C2CCCN(c3ccc(-c4ccccc4C)nn3)C2)c1. The van der Waals surface area contributed by atoms with Gasteiger partial charge in [0.15, 0.2) is 5.82 Å². The largest absolute Gasteiger partial charge is 0.354 e. The van der Waals surface area contributed by atoms with E-state index in [0.29, 0.717) is 13.1 Å². The molecule has 2 heterocycles. The van der Waals surface area contributed by atoms with Crippen molar-refractivity contribution in [2.24, 2.45) is 5.92 Å². The van der Waals surface area contributed by atoms with Gasteiger partial charge in [0.05, 0.1) is 11.6 Å². The van der Waals surface area contributed by atoms with Crippen LogP contribution < -0.4 is 10.2 Å². The molecule has 0 saturated carbocycles. The van der Waals surface area contributed by atoms with Crippen LogP contribution in [-0.4, -0.2) is 29.2 Å². The van der Waals surface area contributed by atoms with E-state index >= 15 is 0 Å². The number of piperidine rings is 1. The lowest BCUT2D eigenvalue weighted by Gasteiger charge is -2.32. The Labute approximate surface area is 178 Å². The standard InChI is InChI=1S/C25H28N4O/c1-18-7-5-9-20(15-18)16-26-25(30)21-10-6-14-29(17-21)24-13-12-23(27-28-24)22-11-4-3-8-19(22)2/h3-5,7-9,11-13,15,21H,6,10,14,16-17H2,1-2H3,(H,26,30). The Kier molecular flexibility index (Phi) is 6.07. The lowest BCUT2D eigenvalue weighted by Crippen LogP contribution is -2.43. The second-order valence-electron chi connectivity index (χ2n) is 8.08. The molecule has 0 bridgehead atoms. The van der Waals surface area contributed by atoms with E-state index in [9.17, 15) is 4.79 Å². The summed E-state index contributed by atoms with van der Waals surface area (Å²) in [5, 5.41) is 12.0. The summed E-state index contributed by atoms with van der Waals surface area (Å²) in [7, 11) is 0. The molecule has 1 atom stereocenters. The zero-order chi connectivity index (χ0) is 20.9. The first-order chi connectivity index (χ1) is 14.6. The van der Waals surface area contributed by atoms with E-state index in [-0.39, 0.29) is 11.8 Å². The highest BCUT2D eigenvalue weighted by Gasteiger charge is 2.26. The number of aromatic nitrogens is 2.